The molecule has 29 heavy (non-hydrogen) atoms. The van der Waals surface area contributed by atoms with E-state index in [0.29, 0.717) is 24.7 Å². The molecule has 1 aliphatic heterocycles. The molecule has 148 valence electrons. The van der Waals surface area contributed by atoms with Gasteiger partial charge in [-0.2, -0.15) is 0 Å². The summed E-state index contributed by atoms with van der Waals surface area (Å²) < 4.78 is 6.11. The standard InChI is InChI=1S/C22H20ClN3O3/c23-19-9-2-3-10-20(19)24-12-13-25-21-11-4-1-6-17(21)15-29-22(25)16-7-5-8-18(14-16)26(27)28/h1-11,14,22,24H,12-13,15H2. The largest absolute Gasteiger partial charge is 0.382 e. The van der Waals surface area contributed by atoms with E-state index in [1.807, 2.05) is 48.5 Å². The van der Waals surface area contributed by atoms with E-state index in [9.17, 15) is 10.1 Å². The first-order valence-electron chi connectivity index (χ1n) is 9.32. The van der Waals surface area contributed by atoms with Crippen molar-refractivity contribution in [2.45, 2.75) is 12.8 Å². The summed E-state index contributed by atoms with van der Waals surface area (Å²) in [5.74, 6) is 0. The summed E-state index contributed by atoms with van der Waals surface area (Å²) in [6.45, 7) is 1.72. The fraction of sp³-hybridized carbons (Fsp3) is 0.182. The highest BCUT2D eigenvalue weighted by Gasteiger charge is 2.28. The van der Waals surface area contributed by atoms with E-state index >= 15 is 0 Å². The first kappa shape index (κ1) is 19.2. The Morgan fingerprint density at radius 3 is 2.72 bits per heavy atom. The van der Waals surface area contributed by atoms with E-state index < -0.39 is 6.23 Å². The van der Waals surface area contributed by atoms with Crippen molar-refractivity contribution in [3.63, 3.8) is 0 Å². The Kier molecular flexibility index (Phi) is 5.64. The molecule has 1 atom stereocenters. The molecule has 3 aromatic rings. The summed E-state index contributed by atoms with van der Waals surface area (Å²) in [7, 11) is 0. The molecule has 0 fully saturated rings. The molecule has 6 nitrogen and oxygen atoms in total. The van der Waals surface area contributed by atoms with Gasteiger partial charge in [0.05, 0.1) is 22.2 Å². The molecular formula is C22H20ClN3O3. The third-order valence-corrected chi connectivity index (χ3v) is 5.22. The number of hydrogen-bond donors (Lipinski definition) is 1. The maximum Gasteiger partial charge on any atom is 0.269 e. The van der Waals surface area contributed by atoms with Crippen molar-refractivity contribution >= 4 is 28.7 Å². The second-order valence-electron chi connectivity index (χ2n) is 6.74. The minimum atomic E-state index is -0.405. The number of rotatable bonds is 6. The number of ether oxygens (including phenoxy) is 1. The SMILES string of the molecule is O=[N+]([O-])c1cccc(C2OCc3ccccc3N2CCNc2ccccc2Cl)c1. The van der Waals surface area contributed by atoms with Gasteiger partial charge in [0.2, 0.25) is 0 Å². The molecule has 1 N–H and O–H groups in total. The normalized spacial score (nSPS) is 15.6. The van der Waals surface area contributed by atoms with Crippen molar-refractivity contribution in [1.29, 1.82) is 0 Å². The first-order valence-corrected chi connectivity index (χ1v) is 9.70. The number of nitro benzene ring substituents is 1. The lowest BCUT2D eigenvalue weighted by molar-refractivity contribution is -0.385. The number of anilines is 2. The highest BCUT2D eigenvalue weighted by molar-refractivity contribution is 6.33. The van der Waals surface area contributed by atoms with Crippen LogP contribution in [0.5, 0.6) is 0 Å². The summed E-state index contributed by atoms with van der Waals surface area (Å²) in [6.07, 6.45) is -0.405. The molecule has 0 spiro atoms. The maximum atomic E-state index is 11.2. The van der Waals surface area contributed by atoms with Gasteiger partial charge >= 0.3 is 0 Å². The van der Waals surface area contributed by atoms with Crippen molar-refractivity contribution < 1.29 is 9.66 Å². The van der Waals surface area contributed by atoms with Gasteiger partial charge in [0.15, 0.2) is 6.23 Å². The third kappa shape index (κ3) is 4.18. The number of nitrogens with zero attached hydrogens (tertiary/aromatic N) is 2. The summed E-state index contributed by atoms with van der Waals surface area (Å²) in [5.41, 5.74) is 3.83. The van der Waals surface area contributed by atoms with E-state index in [1.54, 1.807) is 12.1 Å². The van der Waals surface area contributed by atoms with E-state index in [-0.39, 0.29) is 10.6 Å². The molecule has 0 aliphatic carbocycles. The van der Waals surface area contributed by atoms with E-state index in [1.165, 1.54) is 6.07 Å². The second-order valence-corrected chi connectivity index (χ2v) is 7.15. The van der Waals surface area contributed by atoms with Gasteiger partial charge in [-0.15, -0.1) is 0 Å². The Bertz CT molecular complexity index is 1030. The number of halogens is 1. The van der Waals surface area contributed by atoms with Crippen LogP contribution in [0.4, 0.5) is 17.1 Å². The Balaban J connectivity index is 1.60. The van der Waals surface area contributed by atoms with Crippen LogP contribution in [-0.4, -0.2) is 18.0 Å². The molecule has 4 rings (SSSR count). The van der Waals surface area contributed by atoms with Gasteiger partial charge in [0, 0.05) is 42.0 Å². The zero-order valence-electron chi connectivity index (χ0n) is 15.6. The predicted octanol–water partition coefficient (Wildman–Crippen LogP) is 5.40. The summed E-state index contributed by atoms with van der Waals surface area (Å²) in [4.78, 5) is 12.9. The van der Waals surface area contributed by atoms with Crippen LogP contribution < -0.4 is 10.2 Å². The molecule has 0 aromatic heterocycles. The molecule has 7 heteroatoms. The predicted molar refractivity (Wildman–Crippen MR) is 114 cm³/mol. The van der Waals surface area contributed by atoms with Crippen LogP contribution in [0, 0.1) is 10.1 Å². The Hall–Kier alpha value is -3.09. The molecule has 1 aliphatic rings. The third-order valence-electron chi connectivity index (χ3n) is 4.89. The fourth-order valence-corrected chi connectivity index (χ4v) is 3.72. The van der Waals surface area contributed by atoms with Crippen molar-refractivity contribution in [3.05, 3.63) is 99.1 Å². The van der Waals surface area contributed by atoms with E-state index in [4.69, 9.17) is 16.3 Å². The number of hydrogen-bond acceptors (Lipinski definition) is 5. The quantitative estimate of drug-likeness (QED) is 0.436. The van der Waals surface area contributed by atoms with Crippen molar-refractivity contribution in [3.8, 4) is 0 Å². The topological polar surface area (TPSA) is 67.6 Å². The second kappa shape index (κ2) is 8.51. The number of non-ortho nitro benzene ring substituents is 1. The molecule has 1 unspecified atom stereocenters. The summed E-state index contributed by atoms with van der Waals surface area (Å²) in [6, 6.07) is 22.3. The van der Waals surface area contributed by atoms with Crippen LogP contribution in [0.25, 0.3) is 0 Å². The van der Waals surface area contributed by atoms with Crippen LogP contribution >= 0.6 is 11.6 Å². The van der Waals surface area contributed by atoms with Gasteiger partial charge in [-0.3, -0.25) is 10.1 Å². The van der Waals surface area contributed by atoms with E-state index in [2.05, 4.69) is 16.3 Å². The molecule has 3 aromatic carbocycles. The fourth-order valence-electron chi connectivity index (χ4n) is 3.52. The van der Waals surface area contributed by atoms with Crippen LogP contribution in [-0.2, 0) is 11.3 Å². The molecule has 0 bridgehead atoms. The highest BCUT2D eigenvalue weighted by Crippen LogP contribution is 2.37. The number of nitro groups is 1. The molecule has 0 saturated carbocycles. The van der Waals surface area contributed by atoms with Gasteiger partial charge < -0.3 is 15.0 Å². The number of para-hydroxylation sites is 2. The number of nitrogens with one attached hydrogen (secondary N) is 1. The lowest BCUT2D eigenvalue weighted by atomic mass is 10.1. The lowest BCUT2D eigenvalue weighted by Crippen LogP contribution is -2.38. The summed E-state index contributed by atoms with van der Waals surface area (Å²) in [5, 5.41) is 15.2. The van der Waals surface area contributed by atoms with Crippen LogP contribution in [0.1, 0.15) is 17.4 Å². The van der Waals surface area contributed by atoms with Gasteiger partial charge in [0.1, 0.15) is 0 Å². The van der Waals surface area contributed by atoms with Gasteiger partial charge in [-0.25, -0.2) is 0 Å². The van der Waals surface area contributed by atoms with E-state index in [0.717, 1.165) is 22.5 Å². The number of fused-ring (bicyclic) bond motifs is 1. The monoisotopic (exact) mass is 409 g/mol. The van der Waals surface area contributed by atoms with Crippen LogP contribution in [0.2, 0.25) is 5.02 Å². The molecular weight excluding hydrogens is 390 g/mol. The molecule has 1 heterocycles. The summed E-state index contributed by atoms with van der Waals surface area (Å²) >= 11 is 6.23. The van der Waals surface area contributed by atoms with Gasteiger partial charge in [-0.1, -0.05) is 54.1 Å². The highest BCUT2D eigenvalue weighted by atomic mass is 35.5. The Morgan fingerprint density at radius 2 is 1.90 bits per heavy atom. The Labute approximate surface area is 173 Å². The van der Waals surface area contributed by atoms with Crippen molar-refractivity contribution in [1.82, 2.24) is 0 Å². The lowest BCUT2D eigenvalue weighted by Gasteiger charge is -2.39. The molecule has 0 amide bonds. The minimum Gasteiger partial charge on any atom is -0.382 e. The number of benzene rings is 3. The van der Waals surface area contributed by atoms with Crippen LogP contribution in [0.3, 0.4) is 0 Å². The average Bonchev–Trinajstić information content (AvgIpc) is 2.75. The van der Waals surface area contributed by atoms with Crippen LogP contribution in [0.15, 0.2) is 72.8 Å². The minimum absolute atomic E-state index is 0.0547. The zero-order chi connectivity index (χ0) is 20.2. The van der Waals surface area contributed by atoms with Crippen molar-refractivity contribution in [2.75, 3.05) is 23.3 Å². The maximum absolute atomic E-state index is 11.2. The smallest absolute Gasteiger partial charge is 0.269 e. The van der Waals surface area contributed by atoms with Crippen molar-refractivity contribution in [2.24, 2.45) is 0 Å². The molecule has 0 saturated heterocycles. The molecule has 0 radical (unpaired) electrons. The average molecular weight is 410 g/mol. The Morgan fingerprint density at radius 1 is 1.10 bits per heavy atom. The zero-order valence-corrected chi connectivity index (χ0v) is 16.4. The van der Waals surface area contributed by atoms with Gasteiger partial charge in [0.25, 0.3) is 5.69 Å². The first-order chi connectivity index (χ1) is 14.1. The van der Waals surface area contributed by atoms with Gasteiger partial charge in [-0.05, 0) is 18.2 Å².